The molecule has 9 heteroatoms. The average molecular weight is 492 g/mol. The van der Waals surface area contributed by atoms with E-state index in [0.29, 0.717) is 0 Å². The highest BCUT2D eigenvalue weighted by molar-refractivity contribution is 7.14. The molecule has 0 radical (unpaired) electrons. The number of carboxylic acids is 1. The maximum Gasteiger partial charge on any atom is 0.413 e. The van der Waals surface area contributed by atoms with Crippen LogP contribution in [-0.4, -0.2) is 40.7 Å². The Hall–Kier alpha value is -3.72. The van der Waals surface area contributed by atoms with Gasteiger partial charge < -0.3 is 15.2 Å². The molecule has 8 nitrogen and oxygen atoms in total. The first-order valence-corrected chi connectivity index (χ1v) is 12.5. The van der Waals surface area contributed by atoms with Gasteiger partial charge >= 0.3 is 12.1 Å². The molecule has 2 aliphatic carbocycles. The Labute approximate surface area is 206 Å². The Balaban J connectivity index is 1.17. The summed E-state index contributed by atoms with van der Waals surface area (Å²) in [4.78, 5) is 40.3. The number of anilines is 1. The largest absolute Gasteiger partial charge is 0.481 e. The first-order valence-electron chi connectivity index (χ1n) is 11.6. The number of amides is 2. The number of carbonyl (C=O) groups excluding carboxylic acids is 2. The lowest BCUT2D eigenvalue weighted by Gasteiger charge is -2.18. The molecule has 1 aromatic heterocycles. The van der Waals surface area contributed by atoms with Crippen LogP contribution in [-0.2, 0) is 9.53 Å². The Morgan fingerprint density at radius 1 is 1.03 bits per heavy atom. The average Bonchev–Trinajstić information content (AvgIpc) is 3.56. The Bertz CT molecular complexity index is 1230. The van der Waals surface area contributed by atoms with E-state index in [4.69, 9.17) is 9.84 Å². The van der Waals surface area contributed by atoms with Gasteiger partial charge in [0.2, 0.25) is 0 Å². The molecule has 1 heterocycles. The van der Waals surface area contributed by atoms with Crippen LogP contribution in [0.4, 0.5) is 9.93 Å². The second kappa shape index (κ2) is 9.87. The summed E-state index contributed by atoms with van der Waals surface area (Å²) in [5.74, 6) is -1.35. The zero-order valence-corrected chi connectivity index (χ0v) is 19.7. The molecular weight excluding hydrogens is 466 g/mol. The lowest BCUT2D eigenvalue weighted by atomic mass is 9.98. The molecule has 0 spiro atoms. The monoisotopic (exact) mass is 491 g/mol. The zero-order chi connectivity index (χ0) is 24.4. The Morgan fingerprint density at radius 2 is 1.71 bits per heavy atom. The van der Waals surface area contributed by atoms with Crippen molar-refractivity contribution in [2.45, 2.75) is 37.6 Å². The fourth-order valence-corrected chi connectivity index (χ4v) is 5.77. The summed E-state index contributed by atoms with van der Waals surface area (Å²) < 4.78 is 5.53. The molecule has 2 amide bonds. The minimum atomic E-state index is -0.862. The van der Waals surface area contributed by atoms with Crippen molar-refractivity contribution >= 4 is 34.4 Å². The van der Waals surface area contributed by atoms with E-state index in [1.54, 1.807) is 5.38 Å². The van der Waals surface area contributed by atoms with Crippen LogP contribution in [0.15, 0.2) is 53.9 Å². The lowest BCUT2D eigenvalue weighted by molar-refractivity contribution is -0.138. The summed E-state index contributed by atoms with van der Waals surface area (Å²) in [6.45, 7) is 0.186. The Kier molecular flexibility index (Phi) is 6.50. The molecule has 1 fully saturated rings. The van der Waals surface area contributed by atoms with Crippen molar-refractivity contribution in [3.8, 4) is 11.1 Å². The van der Waals surface area contributed by atoms with Gasteiger partial charge in [0.05, 0.1) is 6.42 Å². The van der Waals surface area contributed by atoms with E-state index >= 15 is 0 Å². The van der Waals surface area contributed by atoms with Crippen molar-refractivity contribution in [3.05, 3.63) is 70.7 Å². The summed E-state index contributed by atoms with van der Waals surface area (Å²) in [5, 5.41) is 16.4. The third kappa shape index (κ3) is 4.90. The van der Waals surface area contributed by atoms with E-state index in [-0.39, 0.29) is 47.6 Å². The molecule has 3 N–H and O–H groups in total. The van der Waals surface area contributed by atoms with E-state index in [0.717, 1.165) is 52.9 Å². The number of ether oxygens (including phenoxy) is 1. The predicted octanol–water partition coefficient (Wildman–Crippen LogP) is 4.88. The van der Waals surface area contributed by atoms with E-state index in [2.05, 4.69) is 39.9 Å². The fraction of sp³-hybridized carbons (Fsp3) is 0.308. The molecule has 0 bridgehead atoms. The van der Waals surface area contributed by atoms with Crippen LogP contribution in [0.3, 0.4) is 0 Å². The normalized spacial score (nSPS) is 18.5. The first kappa shape index (κ1) is 23.0. The van der Waals surface area contributed by atoms with Gasteiger partial charge in [-0.15, -0.1) is 11.3 Å². The van der Waals surface area contributed by atoms with Gasteiger partial charge in [0.1, 0.15) is 12.3 Å². The van der Waals surface area contributed by atoms with E-state index in [1.807, 2.05) is 24.3 Å². The third-order valence-electron chi connectivity index (χ3n) is 6.70. The second-order valence-corrected chi connectivity index (χ2v) is 9.72. The molecule has 1 saturated carbocycles. The maximum absolute atomic E-state index is 12.6. The van der Waals surface area contributed by atoms with Crippen molar-refractivity contribution in [1.29, 1.82) is 0 Å². The quantitative estimate of drug-likeness (QED) is 0.434. The number of thiazole rings is 1. The van der Waals surface area contributed by atoms with Gasteiger partial charge in [0, 0.05) is 17.3 Å². The number of hydrogen-bond donors (Lipinski definition) is 3. The van der Waals surface area contributed by atoms with Gasteiger partial charge in [-0.2, -0.15) is 0 Å². The van der Waals surface area contributed by atoms with Gasteiger partial charge in [-0.1, -0.05) is 55.0 Å². The van der Waals surface area contributed by atoms with Crippen molar-refractivity contribution in [1.82, 2.24) is 10.3 Å². The van der Waals surface area contributed by atoms with Crippen molar-refractivity contribution in [2.75, 3.05) is 11.9 Å². The number of fused-ring (bicyclic) bond motifs is 3. The maximum atomic E-state index is 12.6. The molecule has 2 aliphatic rings. The van der Waals surface area contributed by atoms with Gasteiger partial charge in [-0.05, 0) is 41.0 Å². The van der Waals surface area contributed by atoms with Crippen LogP contribution in [0, 0.1) is 5.92 Å². The first-order chi connectivity index (χ1) is 17.0. The van der Waals surface area contributed by atoms with Gasteiger partial charge in [0.25, 0.3) is 5.91 Å². The smallest absolute Gasteiger partial charge is 0.413 e. The molecule has 5 rings (SSSR count). The van der Waals surface area contributed by atoms with Crippen LogP contribution in [0.25, 0.3) is 11.1 Å². The summed E-state index contributed by atoms with van der Waals surface area (Å²) in [6.07, 6.45) is 1.82. The molecule has 3 aromatic rings. The van der Waals surface area contributed by atoms with Crippen molar-refractivity contribution in [3.63, 3.8) is 0 Å². The summed E-state index contributed by atoms with van der Waals surface area (Å²) >= 11 is 1.13. The number of nitrogens with zero attached hydrogens (tertiary/aromatic N) is 1. The van der Waals surface area contributed by atoms with E-state index < -0.39 is 12.1 Å². The SMILES string of the molecule is O=C(O)C[C@@H]1CCC[C@H]1NC(=O)c1csc(NC(=O)OCC2c3ccccc3-c3ccccc32)n1. The molecule has 180 valence electrons. The number of hydrogen-bond acceptors (Lipinski definition) is 6. The van der Waals surface area contributed by atoms with Crippen LogP contribution in [0.2, 0.25) is 0 Å². The number of aromatic nitrogens is 1. The zero-order valence-electron chi connectivity index (χ0n) is 18.9. The van der Waals surface area contributed by atoms with Gasteiger partial charge in [0.15, 0.2) is 5.13 Å². The number of carbonyl (C=O) groups is 3. The number of benzene rings is 2. The highest BCUT2D eigenvalue weighted by Crippen LogP contribution is 2.44. The minimum absolute atomic E-state index is 0.0383. The Morgan fingerprint density at radius 3 is 2.40 bits per heavy atom. The minimum Gasteiger partial charge on any atom is -0.481 e. The highest BCUT2D eigenvalue weighted by Gasteiger charge is 2.31. The molecular formula is C26H25N3O5S. The fourth-order valence-electron chi connectivity index (χ4n) is 5.10. The summed E-state index contributed by atoms with van der Waals surface area (Å²) in [5.41, 5.74) is 4.75. The topological polar surface area (TPSA) is 118 Å². The van der Waals surface area contributed by atoms with Gasteiger partial charge in [-0.25, -0.2) is 9.78 Å². The highest BCUT2D eigenvalue weighted by atomic mass is 32.1. The van der Waals surface area contributed by atoms with Crippen molar-refractivity contribution < 1.29 is 24.2 Å². The third-order valence-corrected chi connectivity index (χ3v) is 7.46. The molecule has 35 heavy (non-hydrogen) atoms. The molecule has 2 atom stereocenters. The standard InChI is InChI=1S/C26H25N3O5S/c30-23(31)12-15-6-5-11-21(15)27-24(32)22-14-35-25(28-22)29-26(33)34-13-20-18-9-3-1-7-16(18)17-8-2-4-10-19(17)20/h1-4,7-10,14-15,20-21H,5-6,11-13H2,(H,27,32)(H,30,31)(H,28,29,33)/t15-,21+/m0/s1. The predicted molar refractivity (Wildman–Crippen MR) is 132 cm³/mol. The van der Waals surface area contributed by atoms with Crippen LogP contribution in [0.5, 0.6) is 0 Å². The molecule has 0 aliphatic heterocycles. The summed E-state index contributed by atoms with van der Waals surface area (Å²) in [7, 11) is 0. The van der Waals surface area contributed by atoms with E-state index in [9.17, 15) is 14.4 Å². The number of rotatable bonds is 7. The number of carboxylic acid groups (broad SMARTS) is 1. The molecule has 0 saturated heterocycles. The van der Waals surface area contributed by atoms with E-state index in [1.165, 1.54) is 0 Å². The second-order valence-electron chi connectivity index (χ2n) is 8.86. The summed E-state index contributed by atoms with van der Waals surface area (Å²) in [6, 6.07) is 16.0. The van der Waals surface area contributed by atoms with Crippen LogP contribution < -0.4 is 10.6 Å². The molecule has 0 unspecified atom stereocenters. The van der Waals surface area contributed by atoms with Gasteiger partial charge in [-0.3, -0.25) is 14.9 Å². The lowest BCUT2D eigenvalue weighted by Crippen LogP contribution is -2.38. The van der Waals surface area contributed by atoms with Crippen LogP contribution >= 0.6 is 11.3 Å². The van der Waals surface area contributed by atoms with Crippen molar-refractivity contribution in [2.24, 2.45) is 5.92 Å². The van der Waals surface area contributed by atoms with Crippen LogP contribution in [0.1, 0.15) is 53.2 Å². The number of nitrogens with one attached hydrogen (secondary N) is 2. The molecule has 2 aromatic carbocycles. The number of aliphatic carboxylic acids is 1.